The van der Waals surface area contributed by atoms with Crippen LogP contribution in [0.15, 0.2) is 84.8 Å². The summed E-state index contributed by atoms with van der Waals surface area (Å²) in [5.41, 5.74) is 1.55. The number of carbonyl (C=O) groups is 2. The Balaban J connectivity index is 1.77. The van der Waals surface area contributed by atoms with Gasteiger partial charge in [-0.2, -0.15) is 0 Å². The van der Waals surface area contributed by atoms with Crippen molar-refractivity contribution in [1.29, 1.82) is 0 Å². The number of nitrogens with zero attached hydrogens (tertiary/aromatic N) is 2. The van der Waals surface area contributed by atoms with Gasteiger partial charge in [-0.3, -0.25) is 9.59 Å². The number of rotatable bonds is 10. The van der Waals surface area contributed by atoms with Crippen molar-refractivity contribution in [2.75, 3.05) is 20.2 Å². The number of amides is 2. The van der Waals surface area contributed by atoms with Gasteiger partial charge in [-0.25, -0.2) is 0 Å². The molecule has 0 N–H and O–H groups in total. The zero-order chi connectivity index (χ0) is 22.1. The maximum absolute atomic E-state index is 13.3. The van der Waals surface area contributed by atoms with Gasteiger partial charge in [0.15, 0.2) is 0 Å². The third-order valence-electron chi connectivity index (χ3n) is 4.80. The van der Waals surface area contributed by atoms with Crippen LogP contribution in [0.4, 0.5) is 0 Å². The second kappa shape index (κ2) is 11.1. The minimum absolute atomic E-state index is 0.0188. The van der Waals surface area contributed by atoms with E-state index in [0.717, 1.165) is 10.4 Å². The van der Waals surface area contributed by atoms with Crippen LogP contribution in [0.3, 0.4) is 0 Å². The maximum Gasteiger partial charge on any atom is 0.254 e. The quantitative estimate of drug-likeness (QED) is 0.438. The number of hydrogen-bond donors (Lipinski definition) is 0. The van der Waals surface area contributed by atoms with E-state index in [1.807, 2.05) is 47.8 Å². The van der Waals surface area contributed by atoms with Crippen LogP contribution in [0, 0.1) is 0 Å². The first kappa shape index (κ1) is 22.3. The summed E-state index contributed by atoms with van der Waals surface area (Å²) in [6.07, 6.45) is 1.63. The van der Waals surface area contributed by atoms with Crippen LogP contribution >= 0.6 is 11.3 Å². The van der Waals surface area contributed by atoms with Gasteiger partial charge in [0.1, 0.15) is 12.3 Å². The van der Waals surface area contributed by atoms with Crippen LogP contribution in [0.5, 0.6) is 5.75 Å². The highest BCUT2D eigenvalue weighted by atomic mass is 32.1. The largest absolute Gasteiger partial charge is 0.497 e. The summed E-state index contributed by atoms with van der Waals surface area (Å²) in [5, 5.41) is 2.00. The molecule has 0 aliphatic carbocycles. The van der Waals surface area contributed by atoms with Crippen molar-refractivity contribution in [2.45, 2.75) is 13.1 Å². The van der Waals surface area contributed by atoms with E-state index in [9.17, 15) is 9.59 Å². The highest BCUT2D eigenvalue weighted by molar-refractivity contribution is 7.09. The summed E-state index contributed by atoms with van der Waals surface area (Å²) < 4.78 is 5.16. The lowest BCUT2D eigenvalue weighted by molar-refractivity contribution is -0.133. The first-order valence-corrected chi connectivity index (χ1v) is 10.9. The summed E-state index contributed by atoms with van der Waals surface area (Å²) in [6, 6.07) is 20.7. The second-order valence-corrected chi connectivity index (χ2v) is 8.05. The van der Waals surface area contributed by atoms with Crippen LogP contribution in [0.2, 0.25) is 0 Å². The summed E-state index contributed by atoms with van der Waals surface area (Å²) >= 11 is 1.61. The van der Waals surface area contributed by atoms with Crippen LogP contribution in [-0.4, -0.2) is 41.8 Å². The number of ether oxygens (including phenoxy) is 1. The number of carbonyl (C=O) groups excluding carboxylic acids is 2. The van der Waals surface area contributed by atoms with Crippen LogP contribution < -0.4 is 4.74 Å². The van der Waals surface area contributed by atoms with Gasteiger partial charge in [0, 0.05) is 23.5 Å². The SMILES string of the molecule is C=CCN(CC(=O)N(Cc1ccccc1)Cc1cccs1)C(=O)c1ccc(OC)cc1. The summed E-state index contributed by atoms with van der Waals surface area (Å²) in [7, 11) is 1.58. The molecule has 0 radical (unpaired) electrons. The fourth-order valence-corrected chi connectivity index (χ4v) is 3.90. The van der Waals surface area contributed by atoms with Gasteiger partial charge in [-0.1, -0.05) is 42.5 Å². The molecule has 0 bridgehead atoms. The van der Waals surface area contributed by atoms with Gasteiger partial charge in [-0.05, 0) is 41.3 Å². The van der Waals surface area contributed by atoms with E-state index in [2.05, 4.69) is 6.58 Å². The Labute approximate surface area is 187 Å². The van der Waals surface area contributed by atoms with E-state index in [1.165, 1.54) is 4.90 Å². The third kappa shape index (κ3) is 6.30. The molecule has 0 spiro atoms. The van der Waals surface area contributed by atoms with E-state index in [1.54, 1.807) is 53.7 Å². The first-order valence-electron chi connectivity index (χ1n) is 9.99. The number of thiophene rings is 1. The minimum atomic E-state index is -0.216. The van der Waals surface area contributed by atoms with E-state index in [0.29, 0.717) is 24.4 Å². The van der Waals surface area contributed by atoms with Crippen molar-refractivity contribution >= 4 is 23.2 Å². The molecule has 1 heterocycles. The van der Waals surface area contributed by atoms with Gasteiger partial charge in [0.2, 0.25) is 5.91 Å². The molecular weight excluding hydrogens is 408 g/mol. The Bertz CT molecular complexity index is 985. The molecule has 2 aromatic carbocycles. The fourth-order valence-electron chi connectivity index (χ4n) is 3.18. The first-order chi connectivity index (χ1) is 15.1. The molecule has 0 aliphatic rings. The van der Waals surface area contributed by atoms with Crippen molar-refractivity contribution in [3.05, 3.63) is 101 Å². The fraction of sp³-hybridized carbons (Fsp3) is 0.200. The Morgan fingerprint density at radius 1 is 0.968 bits per heavy atom. The Morgan fingerprint density at radius 2 is 1.71 bits per heavy atom. The normalized spacial score (nSPS) is 10.4. The molecule has 5 nitrogen and oxygen atoms in total. The average molecular weight is 435 g/mol. The Hall–Kier alpha value is -3.38. The molecule has 160 valence electrons. The third-order valence-corrected chi connectivity index (χ3v) is 5.66. The van der Waals surface area contributed by atoms with Gasteiger partial charge < -0.3 is 14.5 Å². The average Bonchev–Trinajstić information content (AvgIpc) is 3.32. The van der Waals surface area contributed by atoms with E-state index < -0.39 is 0 Å². The zero-order valence-electron chi connectivity index (χ0n) is 17.6. The predicted molar refractivity (Wildman–Crippen MR) is 124 cm³/mol. The Kier molecular flexibility index (Phi) is 8.01. The molecule has 0 saturated carbocycles. The van der Waals surface area contributed by atoms with Crippen molar-refractivity contribution in [3.63, 3.8) is 0 Å². The minimum Gasteiger partial charge on any atom is -0.497 e. The number of hydrogen-bond acceptors (Lipinski definition) is 4. The maximum atomic E-state index is 13.3. The molecular formula is C25H26N2O3S. The Morgan fingerprint density at radius 3 is 2.32 bits per heavy atom. The van der Waals surface area contributed by atoms with Crippen molar-refractivity contribution in [1.82, 2.24) is 9.80 Å². The van der Waals surface area contributed by atoms with Crippen LogP contribution in [0.25, 0.3) is 0 Å². The zero-order valence-corrected chi connectivity index (χ0v) is 18.4. The van der Waals surface area contributed by atoms with Gasteiger partial charge in [0.25, 0.3) is 5.91 Å². The van der Waals surface area contributed by atoms with Crippen molar-refractivity contribution in [2.24, 2.45) is 0 Å². The molecule has 2 amide bonds. The second-order valence-electron chi connectivity index (χ2n) is 7.02. The lowest BCUT2D eigenvalue weighted by atomic mass is 10.1. The molecule has 0 atom stereocenters. The molecule has 0 aliphatic heterocycles. The molecule has 0 unspecified atom stereocenters. The molecule has 1 aromatic heterocycles. The molecule has 6 heteroatoms. The van der Waals surface area contributed by atoms with Gasteiger partial charge in [0.05, 0.1) is 13.7 Å². The number of methoxy groups -OCH3 is 1. The van der Waals surface area contributed by atoms with Crippen LogP contribution in [-0.2, 0) is 17.9 Å². The molecule has 3 aromatic rings. The summed E-state index contributed by atoms with van der Waals surface area (Å²) in [4.78, 5) is 30.7. The van der Waals surface area contributed by atoms with Crippen molar-refractivity contribution in [3.8, 4) is 5.75 Å². The predicted octanol–water partition coefficient (Wildman–Crippen LogP) is 4.61. The van der Waals surface area contributed by atoms with Gasteiger partial charge >= 0.3 is 0 Å². The highest BCUT2D eigenvalue weighted by Gasteiger charge is 2.22. The number of benzene rings is 2. The van der Waals surface area contributed by atoms with E-state index >= 15 is 0 Å². The molecule has 3 rings (SSSR count). The monoisotopic (exact) mass is 434 g/mol. The molecule has 0 fully saturated rings. The lowest BCUT2D eigenvalue weighted by Gasteiger charge is -2.27. The molecule has 0 saturated heterocycles. The molecule has 31 heavy (non-hydrogen) atoms. The lowest BCUT2D eigenvalue weighted by Crippen LogP contribution is -2.42. The summed E-state index contributed by atoms with van der Waals surface area (Å²) in [6.45, 7) is 5.00. The van der Waals surface area contributed by atoms with E-state index in [4.69, 9.17) is 4.74 Å². The highest BCUT2D eigenvalue weighted by Crippen LogP contribution is 2.17. The van der Waals surface area contributed by atoms with Crippen LogP contribution in [0.1, 0.15) is 20.8 Å². The summed E-state index contributed by atoms with van der Waals surface area (Å²) in [5.74, 6) is 0.348. The van der Waals surface area contributed by atoms with Gasteiger partial charge in [-0.15, -0.1) is 17.9 Å². The topological polar surface area (TPSA) is 49.9 Å². The smallest absolute Gasteiger partial charge is 0.254 e. The standard InChI is InChI=1S/C25H26N2O3S/c1-3-15-26(25(29)21-11-13-22(30-2)14-12-21)19-24(28)27(18-23-10-7-16-31-23)17-20-8-5-4-6-9-20/h3-14,16H,1,15,17-19H2,2H3. The van der Waals surface area contributed by atoms with Crippen molar-refractivity contribution < 1.29 is 14.3 Å². The van der Waals surface area contributed by atoms with E-state index in [-0.39, 0.29) is 24.9 Å².